The van der Waals surface area contributed by atoms with E-state index in [-0.39, 0.29) is 5.41 Å². The molecule has 1 aliphatic carbocycles. The topological polar surface area (TPSA) is 24.9 Å². The van der Waals surface area contributed by atoms with E-state index in [1.807, 2.05) is 18.2 Å². The smallest absolute Gasteiger partial charge is 0.151 e. The van der Waals surface area contributed by atoms with Crippen LogP contribution in [0.5, 0.6) is 17.2 Å². The molecule has 3 aliphatic rings. The molecule has 0 radical (unpaired) electrons. The zero-order valence-electron chi connectivity index (χ0n) is 37.8. The van der Waals surface area contributed by atoms with Crippen molar-refractivity contribution in [1.82, 2.24) is 0 Å². The predicted octanol–water partition coefficient (Wildman–Crippen LogP) is 17.7. The molecule has 67 heavy (non-hydrogen) atoms. The summed E-state index contributed by atoms with van der Waals surface area (Å²) < 4.78 is 13.0. The first kappa shape index (κ1) is 39.1. The minimum atomic E-state index is -0.251. The number of ether oxygens (including phenoxy) is 2. The maximum absolute atomic E-state index is 6.53. The van der Waals surface area contributed by atoms with Crippen molar-refractivity contribution in [2.75, 3.05) is 9.80 Å². The molecule has 2 heterocycles. The van der Waals surface area contributed by atoms with Crippen molar-refractivity contribution in [3.05, 3.63) is 229 Å². The summed E-state index contributed by atoms with van der Waals surface area (Å²) in [6.45, 7) is 8.92. The molecule has 0 aromatic heterocycles. The molecular weight excluding hydrogens is 817 g/mol. The lowest BCUT2D eigenvalue weighted by Crippen LogP contribution is -2.22. The molecule has 10 aromatic rings. The van der Waals surface area contributed by atoms with E-state index in [0.717, 1.165) is 57.1 Å². The van der Waals surface area contributed by atoms with E-state index in [4.69, 9.17) is 9.47 Å². The van der Waals surface area contributed by atoms with Crippen molar-refractivity contribution in [2.24, 2.45) is 0 Å². The lowest BCUT2D eigenvalue weighted by atomic mass is 9.76. The van der Waals surface area contributed by atoms with Crippen LogP contribution in [-0.2, 0) is 5.41 Å². The number of nitrogens with zero attached hydrogens (tertiary/aromatic N) is 2. The van der Waals surface area contributed by atoms with Crippen LogP contribution in [0.15, 0.2) is 218 Å². The maximum atomic E-state index is 6.53. The Hall–Kier alpha value is -8.34. The van der Waals surface area contributed by atoms with Crippen LogP contribution >= 0.6 is 0 Å². The number of para-hydroxylation sites is 6. The monoisotopic (exact) mass is 862 g/mol. The van der Waals surface area contributed by atoms with Gasteiger partial charge in [0.05, 0.1) is 22.8 Å². The molecular formula is C63H46N2O2. The Morgan fingerprint density at radius 2 is 1.00 bits per heavy atom. The summed E-state index contributed by atoms with van der Waals surface area (Å²) in [6.07, 6.45) is 4.25. The summed E-state index contributed by atoms with van der Waals surface area (Å²) in [6, 6.07) is 70.8. The molecule has 320 valence electrons. The van der Waals surface area contributed by atoms with Crippen LogP contribution in [-0.4, -0.2) is 0 Å². The van der Waals surface area contributed by atoms with Gasteiger partial charge in [0.2, 0.25) is 0 Å². The van der Waals surface area contributed by atoms with Crippen LogP contribution in [0.2, 0.25) is 0 Å². The van der Waals surface area contributed by atoms with E-state index in [2.05, 4.69) is 226 Å². The van der Waals surface area contributed by atoms with E-state index >= 15 is 0 Å². The number of benzene rings is 10. The van der Waals surface area contributed by atoms with Gasteiger partial charge in [-0.2, -0.15) is 0 Å². The fourth-order valence-corrected chi connectivity index (χ4v) is 11.3. The van der Waals surface area contributed by atoms with Crippen molar-refractivity contribution in [3.8, 4) is 50.6 Å². The van der Waals surface area contributed by atoms with Crippen molar-refractivity contribution in [3.63, 3.8) is 0 Å². The lowest BCUT2D eigenvalue weighted by molar-refractivity contribution is 0.414. The third-order valence-corrected chi connectivity index (χ3v) is 14.2. The number of hydrogen-bond donors (Lipinski definition) is 0. The minimum Gasteiger partial charge on any atom is -0.458 e. The standard InChI is InChI=1S/C63H46N2O2/c1-5-17-53-39(2)66-57-27-13-10-24-54(57)64(53)43-32-34-46-51(38-43)61(49-22-16-21-48-45-20-8-9-23-52(45)63(3,4)62(48)49)47-35-33-44(37-50(47)60(46)42-31-30-40-18-6-7-19-41(40)36-42)65-55-25-11-14-28-58(55)67-59-29-15-12-26-56(59)65/h5-38H,1-4H3/b17-5-. The molecule has 4 heteroatoms. The highest BCUT2D eigenvalue weighted by molar-refractivity contribution is 6.23. The summed E-state index contributed by atoms with van der Waals surface area (Å²) in [5, 5.41) is 7.15. The third kappa shape index (κ3) is 5.86. The minimum absolute atomic E-state index is 0.251. The fraction of sp³-hybridized carbons (Fsp3) is 0.0794. The predicted molar refractivity (Wildman–Crippen MR) is 279 cm³/mol. The van der Waals surface area contributed by atoms with Crippen molar-refractivity contribution < 1.29 is 9.47 Å². The maximum Gasteiger partial charge on any atom is 0.151 e. The van der Waals surface area contributed by atoms with Gasteiger partial charge < -0.3 is 19.3 Å². The largest absolute Gasteiger partial charge is 0.458 e. The molecule has 2 aliphatic heterocycles. The van der Waals surface area contributed by atoms with Gasteiger partial charge in [0.1, 0.15) is 5.76 Å². The van der Waals surface area contributed by atoms with Crippen LogP contribution in [0.4, 0.5) is 28.4 Å². The Balaban J connectivity index is 1.18. The molecule has 0 saturated carbocycles. The van der Waals surface area contributed by atoms with Crippen molar-refractivity contribution >= 4 is 60.8 Å². The van der Waals surface area contributed by atoms with Crippen LogP contribution in [0.25, 0.3) is 65.7 Å². The fourth-order valence-electron chi connectivity index (χ4n) is 11.3. The molecule has 0 unspecified atom stereocenters. The van der Waals surface area contributed by atoms with Gasteiger partial charge in [-0.1, -0.05) is 147 Å². The molecule has 0 spiro atoms. The summed E-state index contributed by atoms with van der Waals surface area (Å²) >= 11 is 0. The Labute approximate surface area is 390 Å². The third-order valence-electron chi connectivity index (χ3n) is 14.2. The van der Waals surface area contributed by atoms with E-state index < -0.39 is 0 Å². The molecule has 13 rings (SSSR count). The van der Waals surface area contributed by atoms with Crippen molar-refractivity contribution in [1.29, 1.82) is 0 Å². The van der Waals surface area contributed by atoms with Crippen LogP contribution in [0.1, 0.15) is 38.8 Å². The molecule has 0 atom stereocenters. The van der Waals surface area contributed by atoms with Gasteiger partial charge >= 0.3 is 0 Å². The highest BCUT2D eigenvalue weighted by Crippen LogP contribution is 2.57. The van der Waals surface area contributed by atoms with E-state index in [1.165, 1.54) is 76.8 Å². The van der Waals surface area contributed by atoms with Crippen molar-refractivity contribution in [2.45, 2.75) is 33.1 Å². The number of anilines is 5. The zero-order valence-corrected chi connectivity index (χ0v) is 37.8. The summed E-state index contributed by atoms with van der Waals surface area (Å²) in [4.78, 5) is 4.72. The quantitative estimate of drug-likeness (QED) is 0.161. The second kappa shape index (κ2) is 14.8. The second-order valence-corrected chi connectivity index (χ2v) is 18.4. The van der Waals surface area contributed by atoms with Gasteiger partial charge in [0.25, 0.3) is 0 Å². The van der Waals surface area contributed by atoms with Crippen LogP contribution < -0.4 is 19.3 Å². The Kier molecular flexibility index (Phi) is 8.66. The van der Waals surface area contributed by atoms with Gasteiger partial charge in [0, 0.05) is 16.8 Å². The van der Waals surface area contributed by atoms with E-state index in [9.17, 15) is 0 Å². The molecule has 4 nitrogen and oxygen atoms in total. The molecule has 0 N–H and O–H groups in total. The summed E-state index contributed by atoms with van der Waals surface area (Å²) in [5.41, 5.74) is 16.0. The highest BCUT2D eigenvalue weighted by Gasteiger charge is 2.38. The zero-order chi connectivity index (χ0) is 45.0. The second-order valence-electron chi connectivity index (χ2n) is 18.4. The highest BCUT2D eigenvalue weighted by atomic mass is 16.5. The van der Waals surface area contributed by atoms with Gasteiger partial charge in [-0.3, -0.25) is 0 Å². The first-order chi connectivity index (χ1) is 32.9. The van der Waals surface area contributed by atoms with Crippen LogP contribution in [0, 0.1) is 0 Å². The Bertz CT molecular complexity index is 3740. The molecule has 0 saturated heterocycles. The summed E-state index contributed by atoms with van der Waals surface area (Å²) in [5.74, 6) is 3.35. The molecule has 0 bridgehead atoms. The number of allylic oxidation sites excluding steroid dienone is 3. The SMILES string of the molecule is C/C=C\C1=C(C)Oc2ccccc2N1c1ccc2c(-c3ccc4ccccc4c3)c3cc(N4c5ccccc5Oc5ccccc54)ccc3c(-c3cccc4c3C(C)(C)c3ccccc3-4)c2c1. The Morgan fingerprint density at radius 1 is 0.448 bits per heavy atom. The Morgan fingerprint density at radius 3 is 1.72 bits per heavy atom. The summed E-state index contributed by atoms with van der Waals surface area (Å²) in [7, 11) is 0. The molecule has 0 fully saturated rings. The normalized spacial score (nSPS) is 14.4. The number of fused-ring (bicyclic) bond motifs is 9. The van der Waals surface area contributed by atoms with Gasteiger partial charge in [-0.25, -0.2) is 0 Å². The van der Waals surface area contributed by atoms with Crippen LogP contribution in [0.3, 0.4) is 0 Å². The number of hydrogen-bond acceptors (Lipinski definition) is 4. The molecule has 10 aromatic carbocycles. The number of rotatable bonds is 5. The van der Waals surface area contributed by atoms with Gasteiger partial charge in [-0.05, 0) is 163 Å². The first-order valence-electron chi connectivity index (χ1n) is 23.2. The first-order valence-corrected chi connectivity index (χ1v) is 23.2. The van der Waals surface area contributed by atoms with Gasteiger partial charge in [0.15, 0.2) is 17.2 Å². The lowest BCUT2D eigenvalue weighted by Gasteiger charge is -2.34. The average molecular weight is 863 g/mol. The average Bonchev–Trinajstić information content (AvgIpc) is 3.60. The van der Waals surface area contributed by atoms with E-state index in [1.54, 1.807) is 0 Å². The molecule has 0 amide bonds. The van der Waals surface area contributed by atoms with E-state index in [0.29, 0.717) is 0 Å². The van der Waals surface area contributed by atoms with Gasteiger partial charge in [-0.15, -0.1) is 0 Å².